The Morgan fingerprint density at radius 2 is 1.68 bits per heavy atom. The molecule has 176 valence electrons. The number of thiophene rings is 1. The second kappa shape index (κ2) is 8.95. The number of benzene rings is 1. The number of ketones is 1. The lowest BCUT2D eigenvalue weighted by molar-refractivity contribution is 0.0649. The molecule has 2 aromatic heterocycles. The lowest BCUT2D eigenvalue weighted by Gasteiger charge is -2.32. The van der Waals surface area contributed by atoms with E-state index in [0.717, 1.165) is 29.8 Å². The number of hydrogen-bond acceptors (Lipinski definition) is 5. The van der Waals surface area contributed by atoms with E-state index in [4.69, 9.17) is 9.47 Å². The molecule has 0 unspecified atom stereocenters. The van der Waals surface area contributed by atoms with Gasteiger partial charge in [0.1, 0.15) is 18.2 Å². The summed E-state index contributed by atoms with van der Waals surface area (Å²) in [6.07, 6.45) is 9.79. The fourth-order valence-electron chi connectivity index (χ4n) is 5.36. The van der Waals surface area contributed by atoms with Gasteiger partial charge >= 0.3 is 0 Å². The number of ether oxygens (including phenoxy) is 2. The molecule has 0 saturated carbocycles. The third-order valence-electron chi connectivity index (χ3n) is 7.19. The molecule has 3 aliphatic rings. The molecule has 0 spiro atoms. The Balaban J connectivity index is 1.19. The lowest BCUT2D eigenvalue weighted by Crippen LogP contribution is -2.40. The molecule has 1 aromatic carbocycles. The molecule has 0 radical (unpaired) electrons. The Kier molecular flexibility index (Phi) is 5.65. The van der Waals surface area contributed by atoms with Crippen LogP contribution in [0, 0.1) is 5.92 Å². The van der Waals surface area contributed by atoms with Crippen molar-refractivity contribution in [2.24, 2.45) is 5.92 Å². The molecule has 7 heteroatoms. The monoisotopic (exact) mass is 476 g/mol. The van der Waals surface area contributed by atoms with Gasteiger partial charge in [-0.3, -0.25) is 9.59 Å². The largest absolute Gasteiger partial charge is 0.486 e. The molecule has 6 nitrogen and oxygen atoms in total. The molecule has 0 N–H and O–H groups in total. The Morgan fingerprint density at radius 1 is 0.941 bits per heavy atom. The highest BCUT2D eigenvalue weighted by atomic mass is 32.1. The van der Waals surface area contributed by atoms with Crippen LogP contribution in [-0.4, -0.2) is 47.5 Å². The van der Waals surface area contributed by atoms with Crippen LogP contribution in [0.1, 0.15) is 56.8 Å². The Morgan fingerprint density at radius 3 is 2.47 bits per heavy atom. The number of carbonyl (C=O) groups is 2. The first-order valence-electron chi connectivity index (χ1n) is 12.2. The van der Waals surface area contributed by atoms with Gasteiger partial charge in [-0.05, 0) is 74.4 Å². The zero-order chi connectivity index (χ0) is 23.1. The highest BCUT2D eigenvalue weighted by Crippen LogP contribution is 2.38. The number of Topliss-reactive ketones (excluding diaryl/α,β-unsaturated/α-hetero) is 1. The summed E-state index contributed by atoms with van der Waals surface area (Å²) in [5.41, 5.74) is 2.79. The molecule has 1 saturated heterocycles. The smallest absolute Gasteiger partial charge is 0.257 e. The molecule has 0 bridgehead atoms. The van der Waals surface area contributed by atoms with Gasteiger partial charge in [0, 0.05) is 41.8 Å². The molecule has 1 aliphatic carbocycles. The highest BCUT2D eigenvalue weighted by molar-refractivity contribution is 7.15. The van der Waals surface area contributed by atoms with E-state index >= 15 is 0 Å². The van der Waals surface area contributed by atoms with Gasteiger partial charge in [0.2, 0.25) is 0 Å². The molecule has 1 amide bonds. The average molecular weight is 477 g/mol. The number of nitrogens with zero attached hydrogens (tertiary/aromatic N) is 2. The van der Waals surface area contributed by atoms with Crippen molar-refractivity contribution in [3.63, 3.8) is 0 Å². The maximum atomic E-state index is 13.8. The minimum absolute atomic E-state index is 0.0769. The zero-order valence-electron chi connectivity index (χ0n) is 19.1. The minimum atomic E-state index is -0.0769. The van der Waals surface area contributed by atoms with Crippen LogP contribution in [0.5, 0.6) is 11.5 Å². The number of aryl methyl sites for hydroxylation is 1. The topological polar surface area (TPSA) is 60.8 Å². The third-order valence-corrected chi connectivity index (χ3v) is 8.49. The van der Waals surface area contributed by atoms with Crippen molar-refractivity contribution in [3.05, 3.63) is 64.3 Å². The van der Waals surface area contributed by atoms with Gasteiger partial charge in [0.15, 0.2) is 17.3 Å². The van der Waals surface area contributed by atoms with E-state index in [1.54, 1.807) is 17.4 Å². The normalized spacial score (nSPS) is 17.9. The van der Waals surface area contributed by atoms with Gasteiger partial charge in [0.25, 0.3) is 5.91 Å². The van der Waals surface area contributed by atoms with Crippen molar-refractivity contribution >= 4 is 23.0 Å². The van der Waals surface area contributed by atoms with Crippen molar-refractivity contribution in [2.45, 2.75) is 38.5 Å². The van der Waals surface area contributed by atoms with Crippen LogP contribution >= 0.6 is 11.3 Å². The molecule has 4 heterocycles. The maximum Gasteiger partial charge on any atom is 0.257 e. The predicted octanol–water partition coefficient (Wildman–Crippen LogP) is 4.92. The fraction of sp³-hybridized carbons (Fsp3) is 0.407. The molecule has 2 aliphatic heterocycles. The van der Waals surface area contributed by atoms with Crippen molar-refractivity contribution < 1.29 is 19.1 Å². The Labute approximate surface area is 203 Å². The maximum absolute atomic E-state index is 13.8. The van der Waals surface area contributed by atoms with Crippen LogP contribution in [0.25, 0.3) is 5.00 Å². The zero-order valence-corrected chi connectivity index (χ0v) is 19.9. The number of piperidine rings is 1. The molecular formula is C27H28N2O4S. The standard InChI is InChI=1S/C27H28N2O4S/c30-25(19-7-8-21-22(17-19)33-16-15-32-21)18-9-13-28(14-10-18)26(31)24-20-5-1-2-6-23(20)34-27(24)29-11-3-4-12-29/h3-4,7-8,11-12,17-18H,1-2,5-6,9-10,13-16H2. The summed E-state index contributed by atoms with van der Waals surface area (Å²) in [7, 11) is 0. The van der Waals surface area contributed by atoms with Gasteiger partial charge in [-0.25, -0.2) is 0 Å². The number of carbonyl (C=O) groups excluding carboxylic acids is 2. The van der Waals surface area contributed by atoms with Crippen LogP contribution in [-0.2, 0) is 12.8 Å². The van der Waals surface area contributed by atoms with E-state index in [1.807, 2.05) is 41.6 Å². The van der Waals surface area contributed by atoms with Crippen LogP contribution in [0.3, 0.4) is 0 Å². The molecule has 0 atom stereocenters. The molecule has 6 rings (SSSR count). The first-order chi connectivity index (χ1) is 16.7. The van der Waals surface area contributed by atoms with Crippen molar-refractivity contribution in [3.8, 4) is 16.5 Å². The van der Waals surface area contributed by atoms with Crippen LogP contribution in [0.4, 0.5) is 0 Å². The van der Waals surface area contributed by atoms with Gasteiger partial charge in [-0.15, -0.1) is 11.3 Å². The van der Waals surface area contributed by atoms with E-state index < -0.39 is 0 Å². The molecule has 3 aromatic rings. The lowest BCUT2D eigenvalue weighted by atomic mass is 9.88. The molecule has 34 heavy (non-hydrogen) atoms. The first-order valence-corrected chi connectivity index (χ1v) is 13.0. The molecule has 1 fully saturated rings. The van der Waals surface area contributed by atoms with Gasteiger partial charge in [0.05, 0.1) is 5.56 Å². The number of likely N-dealkylation sites (tertiary alicyclic amines) is 1. The minimum Gasteiger partial charge on any atom is -0.486 e. The van der Waals surface area contributed by atoms with Crippen LogP contribution in [0.2, 0.25) is 0 Å². The summed E-state index contributed by atoms with van der Waals surface area (Å²) in [5.74, 6) is 1.51. The summed E-state index contributed by atoms with van der Waals surface area (Å²) in [4.78, 5) is 30.3. The molecular weight excluding hydrogens is 448 g/mol. The highest BCUT2D eigenvalue weighted by Gasteiger charge is 2.33. The second-order valence-electron chi connectivity index (χ2n) is 9.27. The number of aromatic nitrogens is 1. The first kappa shape index (κ1) is 21.5. The Bertz CT molecular complexity index is 1220. The van der Waals surface area contributed by atoms with Gasteiger partial charge in [-0.1, -0.05) is 0 Å². The number of rotatable bonds is 4. The second-order valence-corrected chi connectivity index (χ2v) is 10.4. The number of amides is 1. The fourth-order valence-corrected chi connectivity index (χ4v) is 6.71. The number of hydrogen-bond donors (Lipinski definition) is 0. The number of fused-ring (bicyclic) bond motifs is 2. The third kappa shape index (κ3) is 3.82. The van der Waals surface area contributed by atoms with E-state index in [-0.39, 0.29) is 17.6 Å². The van der Waals surface area contributed by atoms with Gasteiger partial charge < -0.3 is 18.9 Å². The van der Waals surface area contributed by atoms with Crippen LogP contribution < -0.4 is 9.47 Å². The summed E-state index contributed by atoms with van der Waals surface area (Å²) >= 11 is 1.77. The summed E-state index contributed by atoms with van der Waals surface area (Å²) < 4.78 is 13.3. The van der Waals surface area contributed by atoms with Crippen molar-refractivity contribution in [2.75, 3.05) is 26.3 Å². The quantitative estimate of drug-likeness (QED) is 0.502. The van der Waals surface area contributed by atoms with Crippen molar-refractivity contribution in [1.29, 1.82) is 0 Å². The van der Waals surface area contributed by atoms with Crippen molar-refractivity contribution in [1.82, 2.24) is 9.47 Å². The van der Waals surface area contributed by atoms with Crippen LogP contribution in [0.15, 0.2) is 42.7 Å². The van der Waals surface area contributed by atoms with E-state index in [9.17, 15) is 9.59 Å². The summed E-state index contributed by atoms with van der Waals surface area (Å²) in [6.45, 7) is 2.25. The SMILES string of the molecule is O=C(c1ccc2c(c1)OCCO2)C1CCN(C(=O)c2c(-n3cccc3)sc3c2CCCC3)CC1. The van der Waals surface area contributed by atoms with E-state index in [0.29, 0.717) is 56.2 Å². The Hall–Kier alpha value is -3.06. The summed E-state index contributed by atoms with van der Waals surface area (Å²) in [5, 5.41) is 1.04. The van der Waals surface area contributed by atoms with E-state index in [1.165, 1.54) is 16.9 Å². The van der Waals surface area contributed by atoms with E-state index in [2.05, 4.69) is 4.57 Å². The average Bonchev–Trinajstić information content (AvgIpc) is 3.56. The summed E-state index contributed by atoms with van der Waals surface area (Å²) in [6, 6.07) is 9.45. The predicted molar refractivity (Wildman–Crippen MR) is 131 cm³/mol. The van der Waals surface area contributed by atoms with Gasteiger partial charge in [-0.2, -0.15) is 0 Å².